The maximum Gasteiger partial charge on any atom is 0.279 e. The molecule has 352 valence electrons. The highest BCUT2D eigenvalue weighted by atomic mass is 35.5. The highest BCUT2D eigenvalue weighted by Gasteiger charge is 2.28. The van der Waals surface area contributed by atoms with E-state index in [4.69, 9.17) is 51.6 Å². The minimum absolute atomic E-state index is 0.00234. The molecule has 1 saturated heterocycles. The summed E-state index contributed by atoms with van der Waals surface area (Å²) in [5.41, 5.74) is 2.51. The Bertz CT molecular complexity index is 2730. The van der Waals surface area contributed by atoms with Crippen LogP contribution in [0, 0.1) is 11.6 Å². The molecular weight excluding hydrogens is 922 g/mol. The van der Waals surface area contributed by atoms with E-state index in [0.29, 0.717) is 115 Å². The van der Waals surface area contributed by atoms with Gasteiger partial charge in [-0.3, -0.25) is 0 Å². The smallest absolute Gasteiger partial charge is 0.279 e. The zero-order chi connectivity index (χ0) is 46.8. The number of ether oxygens (including phenoxy) is 6. The largest absolute Gasteiger partial charge is 0.493 e. The molecule has 0 radical (unpaired) electrons. The van der Waals surface area contributed by atoms with Gasteiger partial charge in [0, 0.05) is 74.4 Å². The molecule has 21 heteroatoms. The fraction of sp³-hybridized carbons (Fsp3) is 0.378. The normalized spacial score (nSPS) is 16.7. The average molecular weight is 972 g/mol. The lowest BCUT2D eigenvalue weighted by molar-refractivity contribution is 0.0240. The molecule has 2 aromatic heterocycles. The molecule has 0 atom stereocenters. The van der Waals surface area contributed by atoms with E-state index in [1.807, 2.05) is 18.2 Å². The molecule has 0 bridgehead atoms. The van der Waals surface area contributed by atoms with Gasteiger partial charge < -0.3 is 39.1 Å². The second-order valence-corrected chi connectivity index (χ2v) is 18.3. The van der Waals surface area contributed by atoms with E-state index in [0.717, 1.165) is 18.2 Å². The maximum atomic E-state index is 13.5. The van der Waals surface area contributed by atoms with Crippen molar-refractivity contribution in [2.75, 3.05) is 65.4 Å². The van der Waals surface area contributed by atoms with Crippen molar-refractivity contribution in [3.63, 3.8) is 0 Å². The summed E-state index contributed by atoms with van der Waals surface area (Å²) >= 11 is 11.8. The summed E-state index contributed by atoms with van der Waals surface area (Å²) < 4.78 is 89.6. The number of methoxy groups -OCH3 is 2. The molecule has 0 unspecified atom stereocenters. The molecule has 16 nitrogen and oxygen atoms in total. The van der Waals surface area contributed by atoms with Crippen molar-refractivity contribution in [2.45, 2.75) is 56.8 Å². The number of benzene rings is 4. The molecule has 8 rings (SSSR count). The summed E-state index contributed by atoms with van der Waals surface area (Å²) in [6.45, 7) is 2.17. The lowest BCUT2D eigenvalue weighted by Gasteiger charge is -2.30. The fourth-order valence-electron chi connectivity index (χ4n) is 7.21. The second kappa shape index (κ2) is 22.4. The Labute approximate surface area is 391 Å². The van der Waals surface area contributed by atoms with Crippen molar-refractivity contribution < 1.29 is 45.6 Å². The molecule has 1 aliphatic carbocycles. The molecule has 0 spiro atoms. The number of halogens is 4. The van der Waals surface area contributed by atoms with Crippen LogP contribution >= 0.6 is 23.2 Å². The summed E-state index contributed by atoms with van der Waals surface area (Å²) in [7, 11) is 2.71. The number of nitrogens with one attached hydrogen (secondary N) is 3. The number of fused-ring (bicyclic) bond motifs is 2. The third-order valence-electron chi connectivity index (χ3n) is 10.8. The first-order chi connectivity index (χ1) is 31.8. The maximum absolute atomic E-state index is 13.5. The standard InChI is InChI=1S/C23H27ClFN5O4S.C22H23ClFN3O4/c1-30(2)35(31,32)29-14-4-7-16(8-5-14)34-22-11-17-20(12-21(22)33-3)26-13-27-23(17)28-15-6-9-19(25)18(24)10-15;1-28-8-9-30-20-12-19-16(11-21(20)31-15-4-6-29-7-5-15)22(26-13-25-19)27-14-2-3-18(24)17(23)10-14/h6,9-14,16,29H,4-5,7-8H2,1-3H3,(H,26,27,28);2-3,10-13,15H,4-9H2,1H3,(H,25,26,27). The van der Waals surface area contributed by atoms with Crippen molar-refractivity contribution in [1.29, 1.82) is 0 Å². The fourth-order valence-corrected chi connectivity index (χ4v) is 8.44. The van der Waals surface area contributed by atoms with Crippen LogP contribution in [0.15, 0.2) is 73.3 Å². The molecule has 1 saturated carbocycles. The minimum Gasteiger partial charge on any atom is -0.493 e. The topological polar surface area (TPSA) is 180 Å². The average Bonchev–Trinajstić information content (AvgIpc) is 3.30. The molecule has 6 aromatic rings. The monoisotopic (exact) mass is 970 g/mol. The van der Waals surface area contributed by atoms with E-state index in [-0.39, 0.29) is 28.3 Å². The van der Waals surface area contributed by atoms with Crippen LogP contribution in [0.4, 0.5) is 31.8 Å². The van der Waals surface area contributed by atoms with Gasteiger partial charge in [-0.05, 0) is 74.2 Å². The molecule has 1 aliphatic heterocycles. The molecular formula is C45H50Cl2F2N8O8S. The number of hydrogen-bond acceptors (Lipinski definition) is 14. The van der Waals surface area contributed by atoms with Crippen molar-refractivity contribution in [2.24, 2.45) is 0 Å². The Morgan fingerprint density at radius 3 is 1.70 bits per heavy atom. The summed E-state index contributed by atoms with van der Waals surface area (Å²) in [4.78, 5) is 17.4. The first-order valence-corrected chi connectivity index (χ1v) is 23.3. The van der Waals surface area contributed by atoms with Gasteiger partial charge in [-0.1, -0.05) is 23.2 Å². The molecule has 0 amide bonds. The zero-order valence-electron chi connectivity index (χ0n) is 36.7. The lowest BCUT2D eigenvalue weighted by atomic mass is 9.93. The van der Waals surface area contributed by atoms with Crippen LogP contribution in [0.2, 0.25) is 10.0 Å². The zero-order valence-corrected chi connectivity index (χ0v) is 39.0. The van der Waals surface area contributed by atoms with Crippen LogP contribution in [0.25, 0.3) is 21.8 Å². The van der Waals surface area contributed by atoms with Crippen LogP contribution in [0.3, 0.4) is 0 Å². The van der Waals surface area contributed by atoms with E-state index in [1.54, 1.807) is 32.4 Å². The second-order valence-electron chi connectivity index (χ2n) is 15.6. The Morgan fingerprint density at radius 2 is 1.20 bits per heavy atom. The van der Waals surface area contributed by atoms with E-state index >= 15 is 0 Å². The van der Waals surface area contributed by atoms with E-state index in [9.17, 15) is 17.2 Å². The summed E-state index contributed by atoms with van der Waals surface area (Å²) in [6, 6.07) is 15.9. The third-order valence-corrected chi connectivity index (χ3v) is 12.9. The van der Waals surface area contributed by atoms with Gasteiger partial charge in [0.05, 0.1) is 54.1 Å². The van der Waals surface area contributed by atoms with Crippen LogP contribution in [-0.2, 0) is 19.7 Å². The third kappa shape index (κ3) is 12.5. The van der Waals surface area contributed by atoms with Crippen molar-refractivity contribution >= 4 is 78.2 Å². The number of nitrogens with zero attached hydrogens (tertiary/aromatic N) is 5. The molecule has 2 aliphatic rings. The van der Waals surface area contributed by atoms with Crippen LogP contribution in [0.1, 0.15) is 38.5 Å². The predicted octanol–water partition coefficient (Wildman–Crippen LogP) is 9.01. The van der Waals surface area contributed by atoms with Gasteiger partial charge in [-0.15, -0.1) is 0 Å². The van der Waals surface area contributed by atoms with Gasteiger partial charge in [0.1, 0.15) is 48.6 Å². The highest BCUT2D eigenvalue weighted by Crippen LogP contribution is 2.39. The number of aromatic nitrogens is 4. The molecule has 3 heterocycles. The van der Waals surface area contributed by atoms with E-state index in [2.05, 4.69) is 35.3 Å². The Kier molecular flexibility index (Phi) is 16.5. The number of hydrogen-bond donors (Lipinski definition) is 3. The summed E-state index contributed by atoms with van der Waals surface area (Å²) in [5.74, 6) is 2.32. The quantitative estimate of drug-likeness (QED) is 0.0782. The Morgan fingerprint density at radius 1 is 0.682 bits per heavy atom. The van der Waals surface area contributed by atoms with Crippen molar-refractivity contribution in [3.05, 3.63) is 95.0 Å². The summed E-state index contributed by atoms with van der Waals surface area (Å²) in [5, 5.41) is 7.79. The van der Waals surface area contributed by atoms with E-state index in [1.165, 1.54) is 55.3 Å². The predicted molar refractivity (Wildman–Crippen MR) is 249 cm³/mol. The van der Waals surface area contributed by atoms with Crippen LogP contribution in [-0.4, -0.2) is 106 Å². The molecule has 66 heavy (non-hydrogen) atoms. The summed E-state index contributed by atoms with van der Waals surface area (Å²) in [6.07, 6.45) is 7.12. The Balaban J connectivity index is 0.000000198. The molecule has 3 N–H and O–H groups in total. The SMILES string of the molecule is COCCOc1cc2ncnc(Nc3ccc(F)c(Cl)c3)c2cc1OC1CCOCC1.COc1cc2ncnc(Nc3ccc(F)c(Cl)c3)c2cc1OC1CCC(NS(=O)(=O)N(C)C)CC1. The van der Waals surface area contributed by atoms with Gasteiger partial charge in [-0.25, -0.2) is 28.7 Å². The minimum atomic E-state index is -3.47. The molecule has 4 aromatic carbocycles. The van der Waals surface area contributed by atoms with Crippen LogP contribution < -0.4 is 34.3 Å². The van der Waals surface area contributed by atoms with Crippen molar-refractivity contribution in [3.8, 4) is 23.0 Å². The van der Waals surface area contributed by atoms with Gasteiger partial charge in [0.2, 0.25) is 0 Å². The van der Waals surface area contributed by atoms with Gasteiger partial charge in [0.15, 0.2) is 23.0 Å². The Hall–Kier alpha value is -5.41. The first-order valence-electron chi connectivity index (χ1n) is 21.1. The lowest BCUT2D eigenvalue weighted by Crippen LogP contribution is -2.44. The van der Waals surface area contributed by atoms with Crippen LogP contribution in [0.5, 0.6) is 23.0 Å². The number of anilines is 4. The van der Waals surface area contributed by atoms with Crippen molar-refractivity contribution in [1.82, 2.24) is 29.0 Å². The molecule has 2 fully saturated rings. The van der Waals surface area contributed by atoms with Gasteiger partial charge in [0.25, 0.3) is 10.2 Å². The number of rotatable bonds is 16. The van der Waals surface area contributed by atoms with E-state index < -0.39 is 21.8 Å². The first kappa shape index (κ1) is 48.5. The van der Waals surface area contributed by atoms with Gasteiger partial charge in [-0.2, -0.15) is 17.4 Å². The highest BCUT2D eigenvalue weighted by molar-refractivity contribution is 7.87. The van der Waals surface area contributed by atoms with Gasteiger partial charge >= 0.3 is 0 Å².